The molecule has 0 heterocycles. The predicted octanol–water partition coefficient (Wildman–Crippen LogP) is 3.32. The van der Waals surface area contributed by atoms with Crippen molar-refractivity contribution in [1.82, 2.24) is 0 Å². The van der Waals surface area contributed by atoms with Crippen molar-refractivity contribution in [2.24, 2.45) is 0 Å². The molecule has 2 nitrogen and oxygen atoms in total. The van der Waals surface area contributed by atoms with Crippen LogP contribution in [-0.4, -0.2) is 7.11 Å². The van der Waals surface area contributed by atoms with Crippen LogP contribution in [0.2, 0.25) is 0 Å². The molecule has 0 unspecified atom stereocenters. The van der Waals surface area contributed by atoms with E-state index in [4.69, 9.17) is 10.00 Å². The second kappa shape index (κ2) is 3.53. The number of hydrogen-bond donors (Lipinski definition) is 0. The highest BCUT2D eigenvalue weighted by Crippen LogP contribution is 2.51. The van der Waals surface area contributed by atoms with E-state index in [0.29, 0.717) is 0 Å². The van der Waals surface area contributed by atoms with Crippen molar-refractivity contribution in [1.29, 1.82) is 5.26 Å². The van der Waals surface area contributed by atoms with E-state index in [0.717, 1.165) is 34.2 Å². The van der Waals surface area contributed by atoms with Gasteiger partial charge in [0.2, 0.25) is 0 Å². The third-order valence-corrected chi connectivity index (χ3v) is 3.62. The summed E-state index contributed by atoms with van der Waals surface area (Å²) in [7, 11) is 1.66. The van der Waals surface area contributed by atoms with Gasteiger partial charge in [0.05, 0.1) is 18.6 Å². The third kappa shape index (κ3) is 1.63. The SMILES string of the molecule is COc1cc(C2(C#N)CC2)c(Br)cc1C. The number of benzene rings is 1. The molecule has 0 aliphatic heterocycles. The van der Waals surface area contributed by atoms with Crippen molar-refractivity contribution >= 4 is 15.9 Å². The lowest BCUT2D eigenvalue weighted by Crippen LogP contribution is -2.04. The molecule has 1 saturated carbocycles. The van der Waals surface area contributed by atoms with Crippen LogP contribution in [0, 0.1) is 18.3 Å². The fourth-order valence-electron chi connectivity index (χ4n) is 1.81. The molecule has 1 aliphatic carbocycles. The van der Waals surface area contributed by atoms with Gasteiger partial charge in [-0.25, -0.2) is 0 Å². The molecule has 78 valence electrons. The van der Waals surface area contributed by atoms with Crippen LogP contribution in [0.15, 0.2) is 16.6 Å². The maximum Gasteiger partial charge on any atom is 0.122 e. The topological polar surface area (TPSA) is 33.0 Å². The molecule has 15 heavy (non-hydrogen) atoms. The first-order valence-corrected chi connectivity index (χ1v) is 5.68. The average molecular weight is 266 g/mol. The van der Waals surface area contributed by atoms with Gasteiger partial charge in [-0.2, -0.15) is 5.26 Å². The van der Waals surface area contributed by atoms with Gasteiger partial charge < -0.3 is 4.74 Å². The van der Waals surface area contributed by atoms with Gasteiger partial charge >= 0.3 is 0 Å². The molecule has 0 bridgehead atoms. The molecule has 0 N–H and O–H groups in total. The van der Waals surface area contributed by atoms with Gasteiger partial charge in [0.1, 0.15) is 5.75 Å². The van der Waals surface area contributed by atoms with Crippen molar-refractivity contribution < 1.29 is 4.74 Å². The quantitative estimate of drug-likeness (QED) is 0.822. The fourth-order valence-corrected chi connectivity index (χ4v) is 2.64. The fraction of sp³-hybridized carbons (Fsp3) is 0.417. The van der Waals surface area contributed by atoms with E-state index >= 15 is 0 Å². The Morgan fingerprint density at radius 3 is 2.60 bits per heavy atom. The summed E-state index contributed by atoms with van der Waals surface area (Å²) >= 11 is 3.52. The Kier molecular flexibility index (Phi) is 2.47. The second-order valence-electron chi connectivity index (χ2n) is 4.00. The first kappa shape index (κ1) is 10.5. The lowest BCUT2D eigenvalue weighted by molar-refractivity contribution is 0.410. The highest BCUT2D eigenvalue weighted by atomic mass is 79.9. The molecule has 2 rings (SSSR count). The average Bonchev–Trinajstić information content (AvgIpc) is 2.99. The monoisotopic (exact) mass is 265 g/mol. The standard InChI is InChI=1S/C12H12BrNO/c1-8-5-10(13)9(6-11(8)15-2)12(7-14)3-4-12/h5-6H,3-4H2,1-2H3. The minimum absolute atomic E-state index is 0.264. The van der Waals surface area contributed by atoms with Crippen molar-refractivity contribution in [2.45, 2.75) is 25.2 Å². The zero-order chi connectivity index (χ0) is 11.1. The van der Waals surface area contributed by atoms with E-state index in [9.17, 15) is 0 Å². The molecule has 0 spiro atoms. The van der Waals surface area contributed by atoms with Crippen LogP contribution in [0.5, 0.6) is 5.75 Å². The summed E-state index contributed by atoms with van der Waals surface area (Å²) in [5, 5.41) is 9.16. The van der Waals surface area contributed by atoms with E-state index in [1.165, 1.54) is 0 Å². The van der Waals surface area contributed by atoms with Gasteiger partial charge in [0.15, 0.2) is 0 Å². The van der Waals surface area contributed by atoms with Crippen LogP contribution in [0.4, 0.5) is 0 Å². The largest absolute Gasteiger partial charge is 0.496 e. The minimum Gasteiger partial charge on any atom is -0.496 e. The van der Waals surface area contributed by atoms with Crippen molar-refractivity contribution in [3.8, 4) is 11.8 Å². The van der Waals surface area contributed by atoms with Crippen LogP contribution < -0.4 is 4.74 Å². The molecule has 0 aromatic heterocycles. The van der Waals surface area contributed by atoms with Gasteiger partial charge in [-0.3, -0.25) is 0 Å². The summed E-state index contributed by atoms with van der Waals surface area (Å²) in [4.78, 5) is 0. The number of methoxy groups -OCH3 is 1. The number of nitrogens with zero attached hydrogens (tertiary/aromatic N) is 1. The summed E-state index contributed by atoms with van der Waals surface area (Å²) in [6.07, 6.45) is 1.91. The van der Waals surface area contributed by atoms with Crippen LogP contribution in [0.3, 0.4) is 0 Å². The van der Waals surface area contributed by atoms with Gasteiger partial charge in [0.25, 0.3) is 0 Å². The van der Waals surface area contributed by atoms with Gasteiger partial charge in [-0.05, 0) is 43.0 Å². The Morgan fingerprint density at radius 2 is 2.13 bits per heavy atom. The molecule has 0 atom stereocenters. The van der Waals surface area contributed by atoms with Crippen LogP contribution >= 0.6 is 15.9 Å². The highest BCUT2D eigenvalue weighted by molar-refractivity contribution is 9.10. The number of ether oxygens (including phenoxy) is 1. The number of rotatable bonds is 2. The van der Waals surface area contributed by atoms with E-state index in [2.05, 4.69) is 22.0 Å². The molecule has 3 heteroatoms. The summed E-state index contributed by atoms with van der Waals surface area (Å²) in [6.45, 7) is 2.00. The van der Waals surface area contributed by atoms with Crippen LogP contribution in [0.1, 0.15) is 24.0 Å². The molecule has 1 aromatic rings. The van der Waals surface area contributed by atoms with Crippen molar-refractivity contribution in [3.63, 3.8) is 0 Å². The lowest BCUT2D eigenvalue weighted by Gasteiger charge is -2.13. The molecular formula is C12H12BrNO. The third-order valence-electron chi connectivity index (χ3n) is 2.96. The molecule has 1 fully saturated rings. The minimum atomic E-state index is -0.264. The lowest BCUT2D eigenvalue weighted by atomic mass is 9.96. The normalized spacial score (nSPS) is 16.9. The molecule has 1 aliphatic rings. The Balaban J connectivity index is 2.54. The molecule has 0 radical (unpaired) electrons. The van der Waals surface area contributed by atoms with Crippen molar-refractivity contribution in [2.75, 3.05) is 7.11 Å². The summed E-state index contributed by atoms with van der Waals surface area (Å²) < 4.78 is 6.29. The second-order valence-corrected chi connectivity index (χ2v) is 4.85. The van der Waals surface area contributed by atoms with Crippen molar-refractivity contribution in [3.05, 3.63) is 27.7 Å². The maximum absolute atomic E-state index is 9.16. The first-order chi connectivity index (χ1) is 7.13. The Morgan fingerprint density at radius 1 is 1.47 bits per heavy atom. The molecular weight excluding hydrogens is 254 g/mol. The Hall–Kier alpha value is -1.01. The zero-order valence-electron chi connectivity index (χ0n) is 8.80. The summed E-state index contributed by atoms with van der Waals surface area (Å²) in [5.74, 6) is 0.856. The number of aryl methyl sites for hydroxylation is 1. The zero-order valence-corrected chi connectivity index (χ0v) is 10.4. The summed E-state index contributed by atoms with van der Waals surface area (Å²) in [6, 6.07) is 6.40. The van der Waals surface area contributed by atoms with Crippen LogP contribution in [0.25, 0.3) is 0 Å². The molecule has 1 aromatic carbocycles. The number of hydrogen-bond acceptors (Lipinski definition) is 2. The summed E-state index contributed by atoms with van der Waals surface area (Å²) in [5.41, 5.74) is 1.88. The van der Waals surface area contributed by atoms with Gasteiger partial charge in [0, 0.05) is 4.47 Å². The molecule has 0 amide bonds. The van der Waals surface area contributed by atoms with Gasteiger partial charge in [-0.15, -0.1) is 0 Å². The predicted molar refractivity (Wildman–Crippen MR) is 62.0 cm³/mol. The number of nitriles is 1. The Labute approximate surface area is 98.0 Å². The Bertz CT molecular complexity index is 444. The molecule has 0 saturated heterocycles. The number of halogens is 1. The van der Waals surface area contributed by atoms with Gasteiger partial charge in [-0.1, -0.05) is 15.9 Å². The maximum atomic E-state index is 9.16. The van der Waals surface area contributed by atoms with E-state index in [1.54, 1.807) is 7.11 Å². The van der Waals surface area contributed by atoms with Crippen LogP contribution in [-0.2, 0) is 5.41 Å². The highest BCUT2D eigenvalue weighted by Gasteiger charge is 2.46. The first-order valence-electron chi connectivity index (χ1n) is 4.89. The van der Waals surface area contributed by atoms with E-state index < -0.39 is 0 Å². The smallest absolute Gasteiger partial charge is 0.122 e. The van der Waals surface area contributed by atoms with E-state index in [-0.39, 0.29) is 5.41 Å². The van der Waals surface area contributed by atoms with E-state index in [1.807, 2.05) is 19.1 Å².